The van der Waals surface area contributed by atoms with Gasteiger partial charge in [-0.3, -0.25) is 4.79 Å². The maximum absolute atomic E-state index is 13.5. The highest BCUT2D eigenvalue weighted by atomic mass is 35.5. The van der Waals surface area contributed by atoms with Crippen LogP contribution in [0.2, 0.25) is 5.02 Å². The number of carbonyl (C=O) groups excluding carboxylic acids is 1. The number of halogens is 2. The minimum absolute atomic E-state index is 0.0201. The third kappa shape index (κ3) is 4.44. The molecule has 0 spiro atoms. The minimum Gasteiger partial charge on any atom is -0.352 e. The molecule has 1 N–H and O–H groups in total. The van der Waals surface area contributed by atoms with E-state index >= 15 is 0 Å². The molecule has 1 fully saturated rings. The Kier molecular flexibility index (Phi) is 6.24. The molecule has 1 amide bonds. The molecule has 0 bridgehead atoms. The highest BCUT2D eigenvalue weighted by Crippen LogP contribution is 2.31. The normalized spacial score (nSPS) is 19.0. The van der Waals surface area contributed by atoms with E-state index in [1.165, 1.54) is 35.9 Å². The number of amides is 1. The first-order valence-corrected chi connectivity index (χ1v) is 11.0. The number of carbonyl (C=O) groups is 1. The van der Waals surface area contributed by atoms with Gasteiger partial charge in [-0.15, -0.1) is 11.3 Å². The summed E-state index contributed by atoms with van der Waals surface area (Å²) in [6.45, 7) is 3.35. The smallest absolute Gasteiger partial charge is 0.274 e. The van der Waals surface area contributed by atoms with Crippen LogP contribution in [0.3, 0.4) is 0 Å². The second kappa shape index (κ2) is 9.06. The fourth-order valence-corrected chi connectivity index (χ4v) is 4.64. The molecular formula is C21H21ClFN5OS. The quantitative estimate of drug-likeness (QED) is 0.613. The third-order valence-electron chi connectivity index (χ3n) is 5.34. The summed E-state index contributed by atoms with van der Waals surface area (Å²) in [4.78, 5) is 28.8. The molecule has 2 aromatic heterocycles. The molecule has 0 saturated carbocycles. The van der Waals surface area contributed by atoms with Crippen molar-refractivity contribution < 1.29 is 9.18 Å². The number of likely N-dealkylation sites (tertiary alicyclic amines) is 1. The standard InChI is InChI=1S/C21H21ClFN5OS/c1-13-3-2-8-28(17(13)11-26-21-24-9-15(22)10-25-21)20(29)18-19(30-12-27-18)14-4-6-16(23)7-5-14/h4-7,9-10,12-13,17H,2-3,8,11H2,1H3,(H,24,25,26). The minimum atomic E-state index is -0.309. The van der Waals surface area contributed by atoms with Crippen LogP contribution in [0.25, 0.3) is 10.4 Å². The molecule has 2 atom stereocenters. The van der Waals surface area contributed by atoms with Gasteiger partial charge in [0.25, 0.3) is 5.91 Å². The Balaban J connectivity index is 1.55. The molecule has 6 nitrogen and oxygen atoms in total. The Morgan fingerprint density at radius 1 is 1.27 bits per heavy atom. The number of nitrogens with zero attached hydrogens (tertiary/aromatic N) is 4. The van der Waals surface area contributed by atoms with Crippen molar-refractivity contribution in [2.75, 3.05) is 18.4 Å². The van der Waals surface area contributed by atoms with Crippen LogP contribution >= 0.6 is 22.9 Å². The number of hydrogen-bond donors (Lipinski definition) is 1. The number of hydrogen-bond acceptors (Lipinski definition) is 6. The molecule has 0 aliphatic carbocycles. The van der Waals surface area contributed by atoms with Crippen LogP contribution in [-0.4, -0.2) is 44.9 Å². The molecule has 2 unspecified atom stereocenters. The Morgan fingerprint density at radius 2 is 2.00 bits per heavy atom. The Bertz CT molecular complexity index is 1010. The lowest BCUT2D eigenvalue weighted by molar-refractivity contribution is 0.0535. The van der Waals surface area contributed by atoms with E-state index in [1.54, 1.807) is 17.6 Å². The van der Waals surface area contributed by atoms with E-state index in [1.807, 2.05) is 4.90 Å². The van der Waals surface area contributed by atoms with E-state index < -0.39 is 0 Å². The van der Waals surface area contributed by atoms with Gasteiger partial charge in [0.05, 0.1) is 33.8 Å². The zero-order chi connectivity index (χ0) is 21.1. The van der Waals surface area contributed by atoms with Gasteiger partial charge in [0.15, 0.2) is 0 Å². The van der Waals surface area contributed by atoms with Crippen LogP contribution in [0.4, 0.5) is 10.3 Å². The Morgan fingerprint density at radius 3 is 2.73 bits per heavy atom. The van der Waals surface area contributed by atoms with Crippen molar-refractivity contribution in [3.05, 3.63) is 58.7 Å². The average molecular weight is 446 g/mol. The van der Waals surface area contributed by atoms with Gasteiger partial charge in [-0.25, -0.2) is 19.3 Å². The second-order valence-electron chi connectivity index (χ2n) is 7.33. The molecule has 1 aliphatic heterocycles. The fourth-order valence-electron chi connectivity index (χ4n) is 3.75. The van der Waals surface area contributed by atoms with Crippen LogP contribution in [0, 0.1) is 11.7 Å². The first kappa shape index (κ1) is 20.7. The topological polar surface area (TPSA) is 71.0 Å². The van der Waals surface area contributed by atoms with E-state index in [9.17, 15) is 9.18 Å². The molecule has 1 aliphatic rings. The molecule has 1 saturated heterocycles. The molecular weight excluding hydrogens is 425 g/mol. The van der Waals surface area contributed by atoms with Crippen molar-refractivity contribution in [3.8, 4) is 10.4 Å². The van der Waals surface area contributed by atoms with Crippen LogP contribution < -0.4 is 5.32 Å². The summed E-state index contributed by atoms with van der Waals surface area (Å²) in [6.07, 6.45) is 5.05. The van der Waals surface area contributed by atoms with Gasteiger partial charge in [-0.05, 0) is 36.5 Å². The molecule has 3 aromatic rings. The van der Waals surface area contributed by atoms with Crippen LogP contribution in [0.1, 0.15) is 30.3 Å². The first-order valence-electron chi connectivity index (χ1n) is 9.74. The third-order valence-corrected chi connectivity index (χ3v) is 6.41. The summed E-state index contributed by atoms with van der Waals surface area (Å²) >= 11 is 7.23. The SMILES string of the molecule is CC1CCCN(C(=O)c2ncsc2-c2ccc(F)cc2)C1CNc1ncc(Cl)cn1. The number of anilines is 1. The zero-order valence-corrected chi connectivity index (χ0v) is 18.0. The lowest BCUT2D eigenvalue weighted by atomic mass is 9.90. The van der Waals surface area contributed by atoms with E-state index in [0.717, 1.165) is 23.3 Å². The van der Waals surface area contributed by atoms with E-state index in [0.29, 0.717) is 35.7 Å². The summed E-state index contributed by atoms with van der Waals surface area (Å²) in [7, 11) is 0. The molecule has 9 heteroatoms. The van der Waals surface area contributed by atoms with Gasteiger partial charge < -0.3 is 10.2 Å². The number of thiazole rings is 1. The van der Waals surface area contributed by atoms with Crippen molar-refractivity contribution in [1.82, 2.24) is 19.9 Å². The lowest BCUT2D eigenvalue weighted by Crippen LogP contribution is -2.51. The maximum Gasteiger partial charge on any atom is 0.274 e. The van der Waals surface area contributed by atoms with Crippen molar-refractivity contribution >= 4 is 34.8 Å². The van der Waals surface area contributed by atoms with Gasteiger partial charge in [-0.2, -0.15) is 0 Å². The Labute approximate surface area is 183 Å². The van der Waals surface area contributed by atoms with E-state index in [-0.39, 0.29) is 17.8 Å². The molecule has 30 heavy (non-hydrogen) atoms. The molecule has 4 rings (SSSR count). The number of rotatable bonds is 5. The molecule has 1 aromatic carbocycles. The molecule has 3 heterocycles. The van der Waals surface area contributed by atoms with E-state index in [4.69, 9.17) is 11.6 Å². The largest absolute Gasteiger partial charge is 0.352 e. The maximum atomic E-state index is 13.5. The monoisotopic (exact) mass is 445 g/mol. The van der Waals surface area contributed by atoms with Crippen LogP contribution in [-0.2, 0) is 0 Å². The summed E-state index contributed by atoms with van der Waals surface area (Å²) in [5.41, 5.74) is 2.86. The van der Waals surface area contributed by atoms with Crippen LogP contribution in [0.15, 0.2) is 42.2 Å². The predicted octanol–water partition coefficient (Wildman–Crippen LogP) is 4.75. The second-order valence-corrected chi connectivity index (χ2v) is 8.62. The molecule has 0 radical (unpaired) electrons. The van der Waals surface area contributed by atoms with Gasteiger partial charge in [0, 0.05) is 13.1 Å². The van der Waals surface area contributed by atoms with Crippen molar-refractivity contribution in [3.63, 3.8) is 0 Å². The number of benzene rings is 1. The summed E-state index contributed by atoms with van der Waals surface area (Å²) < 4.78 is 13.3. The van der Waals surface area contributed by atoms with Gasteiger partial charge >= 0.3 is 0 Å². The fraction of sp³-hybridized carbons (Fsp3) is 0.333. The molecule has 156 valence electrons. The van der Waals surface area contributed by atoms with Crippen LogP contribution in [0.5, 0.6) is 0 Å². The number of nitrogens with one attached hydrogen (secondary N) is 1. The van der Waals surface area contributed by atoms with Crippen molar-refractivity contribution in [2.24, 2.45) is 5.92 Å². The zero-order valence-electron chi connectivity index (χ0n) is 16.4. The summed E-state index contributed by atoms with van der Waals surface area (Å²) in [6, 6.07) is 6.12. The van der Waals surface area contributed by atoms with Gasteiger partial charge in [0.1, 0.15) is 11.5 Å². The Hall–Kier alpha value is -2.58. The van der Waals surface area contributed by atoms with E-state index in [2.05, 4.69) is 27.2 Å². The summed E-state index contributed by atoms with van der Waals surface area (Å²) in [5.74, 6) is 0.378. The highest BCUT2D eigenvalue weighted by Gasteiger charge is 2.34. The average Bonchev–Trinajstić information content (AvgIpc) is 3.24. The number of piperidine rings is 1. The predicted molar refractivity (Wildman–Crippen MR) is 116 cm³/mol. The lowest BCUT2D eigenvalue weighted by Gasteiger charge is -2.40. The highest BCUT2D eigenvalue weighted by molar-refractivity contribution is 7.13. The van der Waals surface area contributed by atoms with Crippen molar-refractivity contribution in [2.45, 2.75) is 25.8 Å². The van der Waals surface area contributed by atoms with Crippen molar-refractivity contribution in [1.29, 1.82) is 0 Å². The van der Waals surface area contributed by atoms with Gasteiger partial charge in [-0.1, -0.05) is 30.7 Å². The van der Waals surface area contributed by atoms with Gasteiger partial charge in [0.2, 0.25) is 5.95 Å². The first-order chi connectivity index (χ1) is 14.5. The number of aromatic nitrogens is 3. The summed E-state index contributed by atoms with van der Waals surface area (Å²) in [5, 5.41) is 3.69.